The molecule has 0 fully saturated rings. The van der Waals surface area contributed by atoms with Crippen LogP contribution in [0.2, 0.25) is 0 Å². The molecule has 0 spiro atoms. The summed E-state index contributed by atoms with van der Waals surface area (Å²) < 4.78 is 0. The summed E-state index contributed by atoms with van der Waals surface area (Å²) in [5.74, 6) is 0.883. The molecule has 3 aliphatic rings. The van der Waals surface area contributed by atoms with E-state index in [-0.39, 0.29) is 5.91 Å². The fourth-order valence-corrected chi connectivity index (χ4v) is 3.37. The summed E-state index contributed by atoms with van der Waals surface area (Å²) in [6.45, 7) is 1.76. The number of carbonyl (C=O) groups excluding carboxylic acids is 1. The van der Waals surface area contributed by atoms with Gasteiger partial charge in [0, 0.05) is 48.6 Å². The van der Waals surface area contributed by atoms with Gasteiger partial charge in [0.25, 0.3) is 0 Å². The van der Waals surface area contributed by atoms with Crippen LogP contribution in [0.25, 0.3) is 0 Å². The molecule has 0 bridgehead atoms. The normalized spacial score (nSPS) is 19.1. The van der Waals surface area contributed by atoms with Crippen LogP contribution in [0.4, 0.5) is 0 Å². The Kier molecular flexibility index (Phi) is 3.58. The largest absolute Gasteiger partial charge is 0.324 e. The Morgan fingerprint density at radius 1 is 1.21 bits per heavy atom. The number of hydrogen-bond acceptors (Lipinski definition) is 4. The van der Waals surface area contributed by atoms with E-state index >= 15 is 0 Å². The first-order valence-corrected chi connectivity index (χ1v) is 8.14. The zero-order valence-corrected chi connectivity index (χ0v) is 13.9. The van der Waals surface area contributed by atoms with Crippen LogP contribution in [-0.2, 0) is 11.3 Å². The zero-order chi connectivity index (χ0) is 16.7. The standard InChI is InChI=1S/C19H20N4O/c1-22(2)12-13-3-5-14(6-4-13)19-20-11-15-7-8-17(24)21-16-9-10-23(19)18(15)16/h3-8,11H,9-10,12H2,1-2H3,(H,21,24). The van der Waals surface area contributed by atoms with E-state index in [1.807, 2.05) is 12.3 Å². The number of hydrogen-bond donors (Lipinski definition) is 1. The predicted octanol–water partition coefficient (Wildman–Crippen LogP) is 2.00. The highest BCUT2D eigenvalue weighted by Crippen LogP contribution is 2.34. The first-order valence-electron chi connectivity index (χ1n) is 8.14. The molecule has 4 rings (SSSR count). The minimum absolute atomic E-state index is 0.0655. The number of amidine groups is 1. The van der Waals surface area contributed by atoms with Crippen molar-refractivity contribution < 1.29 is 4.79 Å². The molecule has 0 aromatic heterocycles. The molecule has 5 heteroatoms. The van der Waals surface area contributed by atoms with E-state index in [9.17, 15) is 4.79 Å². The Balaban J connectivity index is 1.68. The van der Waals surface area contributed by atoms with Gasteiger partial charge in [0.15, 0.2) is 0 Å². The van der Waals surface area contributed by atoms with Crippen LogP contribution in [0.15, 0.2) is 64.6 Å². The molecular formula is C19H20N4O. The lowest BCUT2D eigenvalue weighted by Crippen LogP contribution is -2.31. The van der Waals surface area contributed by atoms with E-state index in [4.69, 9.17) is 0 Å². The van der Waals surface area contributed by atoms with E-state index in [0.29, 0.717) is 0 Å². The lowest BCUT2D eigenvalue weighted by Gasteiger charge is -2.27. The van der Waals surface area contributed by atoms with Crippen LogP contribution in [-0.4, -0.2) is 42.2 Å². The number of nitrogens with zero attached hydrogens (tertiary/aromatic N) is 3. The topological polar surface area (TPSA) is 47.9 Å². The molecule has 24 heavy (non-hydrogen) atoms. The maximum absolute atomic E-state index is 11.8. The van der Waals surface area contributed by atoms with E-state index in [1.165, 1.54) is 5.56 Å². The van der Waals surface area contributed by atoms with E-state index < -0.39 is 0 Å². The highest BCUT2D eigenvalue weighted by Gasteiger charge is 2.32. The molecule has 3 heterocycles. The first-order chi connectivity index (χ1) is 11.6. The number of allylic oxidation sites excluding steroid dienone is 1. The lowest BCUT2D eigenvalue weighted by molar-refractivity contribution is -0.115. The van der Waals surface area contributed by atoms with Gasteiger partial charge in [-0.3, -0.25) is 4.79 Å². The molecule has 1 N–H and O–H groups in total. The summed E-state index contributed by atoms with van der Waals surface area (Å²) in [4.78, 5) is 20.8. The van der Waals surface area contributed by atoms with Gasteiger partial charge in [-0.05, 0) is 25.7 Å². The fraction of sp³-hybridized carbons (Fsp3) is 0.263. The van der Waals surface area contributed by atoms with Gasteiger partial charge in [-0.2, -0.15) is 0 Å². The molecule has 3 aliphatic heterocycles. The summed E-state index contributed by atoms with van der Waals surface area (Å²) >= 11 is 0. The Hall–Kier alpha value is -2.66. The number of rotatable bonds is 3. The van der Waals surface area contributed by atoms with Gasteiger partial charge in [-0.25, -0.2) is 4.99 Å². The Labute approximate surface area is 141 Å². The number of carbonyl (C=O) groups is 1. The molecule has 1 aromatic carbocycles. The smallest absolute Gasteiger partial charge is 0.248 e. The Morgan fingerprint density at radius 3 is 2.75 bits per heavy atom. The van der Waals surface area contributed by atoms with Crippen molar-refractivity contribution in [2.45, 2.75) is 13.0 Å². The maximum atomic E-state index is 11.8. The van der Waals surface area contributed by atoms with Gasteiger partial charge < -0.3 is 15.1 Å². The minimum Gasteiger partial charge on any atom is -0.324 e. The highest BCUT2D eigenvalue weighted by atomic mass is 16.1. The van der Waals surface area contributed by atoms with Gasteiger partial charge in [-0.15, -0.1) is 0 Å². The van der Waals surface area contributed by atoms with Crippen molar-refractivity contribution in [3.8, 4) is 0 Å². The van der Waals surface area contributed by atoms with Crippen LogP contribution in [0.5, 0.6) is 0 Å². The average Bonchev–Trinajstić information content (AvgIpc) is 2.89. The second-order valence-electron chi connectivity index (χ2n) is 6.52. The van der Waals surface area contributed by atoms with Crippen molar-refractivity contribution in [2.24, 2.45) is 4.99 Å². The Morgan fingerprint density at radius 2 is 2.00 bits per heavy atom. The van der Waals surface area contributed by atoms with Gasteiger partial charge in [0.2, 0.25) is 5.91 Å². The third kappa shape index (κ3) is 2.57. The van der Waals surface area contributed by atoms with Crippen molar-refractivity contribution in [1.29, 1.82) is 0 Å². The molecule has 1 amide bonds. The van der Waals surface area contributed by atoms with Crippen molar-refractivity contribution in [3.05, 3.63) is 70.7 Å². The molecule has 0 aliphatic carbocycles. The van der Waals surface area contributed by atoms with Crippen molar-refractivity contribution in [1.82, 2.24) is 15.1 Å². The van der Waals surface area contributed by atoms with Crippen LogP contribution in [0, 0.1) is 0 Å². The minimum atomic E-state index is -0.0655. The van der Waals surface area contributed by atoms with Crippen LogP contribution < -0.4 is 5.32 Å². The van der Waals surface area contributed by atoms with E-state index in [1.54, 1.807) is 6.08 Å². The van der Waals surface area contributed by atoms with E-state index in [0.717, 1.165) is 47.9 Å². The summed E-state index contributed by atoms with van der Waals surface area (Å²) in [6, 6.07) is 8.55. The van der Waals surface area contributed by atoms with Crippen molar-refractivity contribution >= 4 is 11.7 Å². The van der Waals surface area contributed by atoms with Gasteiger partial charge >= 0.3 is 0 Å². The van der Waals surface area contributed by atoms with Gasteiger partial charge in [0.05, 0.1) is 5.70 Å². The monoisotopic (exact) mass is 320 g/mol. The van der Waals surface area contributed by atoms with Gasteiger partial charge in [0.1, 0.15) is 5.84 Å². The molecule has 0 saturated heterocycles. The third-order valence-electron chi connectivity index (χ3n) is 4.40. The summed E-state index contributed by atoms with van der Waals surface area (Å²) in [6.07, 6.45) is 6.10. The fourth-order valence-electron chi connectivity index (χ4n) is 3.37. The Bertz CT molecular complexity index is 812. The van der Waals surface area contributed by atoms with Crippen LogP contribution in [0.3, 0.4) is 0 Å². The van der Waals surface area contributed by atoms with Crippen molar-refractivity contribution in [2.75, 3.05) is 20.6 Å². The quantitative estimate of drug-likeness (QED) is 0.927. The molecule has 5 nitrogen and oxygen atoms in total. The summed E-state index contributed by atoms with van der Waals surface area (Å²) in [7, 11) is 4.13. The summed E-state index contributed by atoms with van der Waals surface area (Å²) in [5.41, 5.74) is 5.45. The molecule has 122 valence electrons. The van der Waals surface area contributed by atoms with Crippen LogP contribution >= 0.6 is 0 Å². The maximum Gasteiger partial charge on any atom is 0.248 e. The highest BCUT2D eigenvalue weighted by molar-refractivity contribution is 6.02. The number of benzene rings is 1. The lowest BCUT2D eigenvalue weighted by atomic mass is 10.1. The molecule has 1 aromatic rings. The SMILES string of the molecule is CN(C)Cc1ccc(C2=NC=C3C=CC(=O)NC4=C3N2CC4)cc1. The third-order valence-corrected chi connectivity index (χ3v) is 4.40. The molecule has 0 saturated carbocycles. The summed E-state index contributed by atoms with van der Waals surface area (Å²) in [5, 5.41) is 2.98. The number of aliphatic imine (C=N–C) groups is 1. The second-order valence-corrected chi connectivity index (χ2v) is 6.52. The first kappa shape index (κ1) is 14.9. The number of nitrogens with one attached hydrogen (secondary N) is 1. The second kappa shape index (κ2) is 5.76. The van der Waals surface area contributed by atoms with Crippen molar-refractivity contribution in [3.63, 3.8) is 0 Å². The molecular weight excluding hydrogens is 300 g/mol. The van der Waals surface area contributed by atoms with Crippen LogP contribution in [0.1, 0.15) is 17.5 Å². The van der Waals surface area contributed by atoms with E-state index in [2.05, 4.69) is 58.5 Å². The molecule has 0 atom stereocenters. The molecule has 0 unspecified atom stereocenters. The van der Waals surface area contributed by atoms with Gasteiger partial charge in [-0.1, -0.05) is 24.3 Å². The zero-order valence-electron chi connectivity index (χ0n) is 13.9. The predicted molar refractivity (Wildman–Crippen MR) is 94.1 cm³/mol. The molecule has 0 radical (unpaired) electrons. The average molecular weight is 320 g/mol. The number of amides is 1.